The molecule has 2 N–H and O–H groups in total. The second-order valence-electron chi connectivity index (χ2n) is 4.12. The highest BCUT2D eigenvalue weighted by Crippen LogP contribution is 1.90. The van der Waals surface area contributed by atoms with Crippen molar-refractivity contribution in [2.45, 2.75) is 39.3 Å². The van der Waals surface area contributed by atoms with Crippen molar-refractivity contribution < 1.29 is 13.2 Å². The van der Waals surface area contributed by atoms with Gasteiger partial charge in [0, 0.05) is 18.8 Å². The van der Waals surface area contributed by atoms with Gasteiger partial charge in [0.1, 0.15) is 9.84 Å². The molecule has 0 aliphatic heterocycles. The van der Waals surface area contributed by atoms with Gasteiger partial charge in [0.05, 0.1) is 11.8 Å². The maximum absolute atomic E-state index is 11.5. The highest BCUT2D eigenvalue weighted by atomic mass is 32.2. The van der Waals surface area contributed by atoms with E-state index in [0.29, 0.717) is 6.54 Å². The maximum Gasteiger partial charge on any atom is 0.237 e. The molecule has 2 unspecified atom stereocenters. The van der Waals surface area contributed by atoms with Crippen molar-refractivity contribution in [3.8, 4) is 0 Å². The summed E-state index contributed by atoms with van der Waals surface area (Å²) in [6.07, 6.45) is 2.06. The molecule has 0 saturated heterocycles. The van der Waals surface area contributed by atoms with Gasteiger partial charge in [-0.25, -0.2) is 8.42 Å². The topological polar surface area (TPSA) is 75.3 Å². The quantitative estimate of drug-likeness (QED) is 0.663. The Morgan fingerprint density at radius 3 is 2.31 bits per heavy atom. The van der Waals surface area contributed by atoms with Crippen LogP contribution in [0.1, 0.15) is 27.2 Å². The number of carbonyl (C=O) groups excluding carboxylic acids is 1. The Morgan fingerprint density at radius 1 is 1.31 bits per heavy atom. The molecule has 0 radical (unpaired) electrons. The van der Waals surface area contributed by atoms with Gasteiger partial charge in [0.25, 0.3) is 0 Å². The molecule has 0 bridgehead atoms. The van der Waals surface area contributed by atoms with E-state index in [0.717, 1.165) is 6.42 Å². The molecule has 0 aromatic rings. The van der Waals surface area contributed by atoms with Crippen LogP contribution in [-0.2, 0) is 14.6 Å². The Labute approximate surface area is 97.9 Å². The van der Waals surface area contributed by atoms with Crippen LogP contribution < -0.4 is 10.6 Å². The minimum atomic E-state index is -2.97. The molecule has 0 fully saturated rings. The Morgan fingerprint density at radius 2 is 1.88 bits per heavy atom. The lowest BCUT2D eigenvalue weighted by Gasteiger charge is -2.17. The average Bonchev–Trinajstić information content (AvgIpc) is 2.15. The van der Waals surface area contributed by atoms with E-state index in [1.165, 1.54) is 6.26 Å². The first-order valence-corrected chi connectivity index (χ1v) is 7.53. The van der Waals surface area contributed by atoms with Gasteiger partial charge in [-0.2, -0.15) is 0 Å². The van der Waals surface area contributed by atoms with E-state index in [-0.39, 0.29) is 23.7 Å². The Bertz CT molecular complexity index is 314. The highest BCUT2D eigenvalue weighted by Gasteiger charge is 2.14. The molecule has 0 aliphatic carbocycles. The van der Waals surface area contributed by atoms with E-state index >= 15 is 0 Å². The van der Waals surface area contributed by atoms with Crippen LogP contribution in [0, 0.1) is 0 Å². The van der Waals surface area contributed by atoms with Crippen molar-refractivity contribution in [3.05, 3.63) is 0 Å². The van der Waals surface area contributed by atoms with E-state index < -0.39 is 9.84 Å². The predicted molar refractivity (Wildman–Crippen MR) is 65.1 cm³/mol. The lowest BCUT2D eigenvalue weighted by atomic mass is 10.2. The Hall–Kier alpha value is -0.620. The fraction of sp³-hybridized carbons (Fsp3) is 0.900. The maximum atomic E-state index is 11.5. The van der Waals surface area contributed by atoms with E-state index in [4.69, 9.17) is 0 Å². The van der Waals surface area contributed by atoms with Crippen LogP contribution in [0.2, 0.25) is 0 Å². The summed E-state index contributed by atoms with van der Waals surface area (Å²) >= 11 is 0. The molecule has 0 spiro atoms. The Kier molecular flexibility index (Phi) is 6.59. The molecule has 5 nitrogen and oxygen atoms in total. The van der Waals surface area contributed by atoms with Crippen molar-refractivity contribution in [2.24, 2.45) is 0 Å². The first-order valence-electron chi connectivity index (χ1n) is 5.47. The summed E-state index contributed by atoms with van der Waals surface area (Å²) < 4.78 is 21.7. The zero-order chi connectivity index (χ0) is 12.8. The first-order chi connectivity index (χ1) is 7.26. The summed E-state index contributed by atoms with van der Waals surface area (Å²) in [5.74, 6) is -0.0450. The molecule has 0 saturated carbocycles. The number of amides is 1. The van der Waals surface area contributed by atoms with E-state index in [9.17, 15) is 13.2 Å². The standard InChI is InChI=1S/C10H22N2O3S/c1-5-8(2)12-10(13)9(3)11-6-7-16(4,14)15/h8-9,11H,5-7H2,1-4H3,(H,12,13). The van der Waals surface area contributed by atoms with Gasteiger partial charge in [-0.3, -0.25) is 4.79 Å². The lowest BCUT2D eigenvalue weighted by Crippen LogP contribution is -2.46. The van der Waals surface area contributed by atoms with Crippen LogP contribution in [0.3, 0.4) is 0 Å². The minimum absolute atomic E-state index is 0.0496. The number of hydrogen-bond donors (Lipinski definition) is 2. The van der Waals surface area contributed by atoms with Crippen molar-refractivity contribution in [1.82, 2.24) is 10.6 Å². The number of carbonyl (C=O) groups is 1. The highest BCUT2D eigenvalue weighted by molar-refractivity contribution is 7.90. The summed E-state index contributed by atoms with van der Waals surface area (Å²) in [6, 6.07) is -0.220. The zero-order valence-corrected chi connectivity index (χ0v) is 11.2. The minimum Gasteiger partial charge on any atom is -0.352 e. The van der Waals surface area contributed by atoms with Crippen LogP contribution in [0.15, 0.2) is 0 Å². The molecule has 0 rings (SSSR count). The van der Waals surface area contributed by atoms with Crippen molar-refractivity contribution in [1.29, 1.82) is 0 Å². The van der Waals surface area contributed by atoms with Gasteiger partial charge in [0.15, 0.2) is 0 Å². The van der Waals surface area contributed by atoms with E-state index in [1.807, 2.05) is 13.8 Å². The monoisotopic (exact) mass is 250 g/mol. The van der Waals surface area contributed by atoms with E-state index in [2.05, 4.69) is 10.6 Å². The molecule has 0 aromatic carbocycles. The fourth-order valence-electron chi connectivity index (χ4n) is 1.02. The second kappa shape index (κ2) is 6.85. The molecule has 2 atom stereocenters. The number of nitrogens with one attached hydrogen (secondary N) is 2. The SMILES string of the molecule is CCC(C)NC(=O)C(C)NCCS(C)(=O)=O. The molecular formula is C10H22N2O3S. The molecule has 0 aliphatic rings. The van der Waals surface area contributed by atoms with Crippen LogP contribution in [0.25, 0.3) is 0 Å². The average molecular weight is 250 g/mol. The van der Waals surface area contributed by atoms with Gasteiger partial charge in [-0.1, -0.05) is 6.92 Å². The smallest absolute Gasteiger partial charge is 0.237 e. The Balaban J connectivity index is 3.88. The number of sulfone groups is 1. The normalized spacial score (nSPS) is 15.5. The fourth-order valence-corrected chi connectivity index (χ4v) is 1.51. The summed E-state index contributed by atoms with van der Waals surface area (Å²) in [6.45, 7) is 5.95. The lowest BCUT2D eigenvalue weighted by molar-refractivity contribution is -0.123. The largest absolute Gasteiger partial charge is 0.352 e. The summed E-state index contributed by atoms with van der Waals surface area (Å²) in [5, 5.41) is 5.70. The van der Waals surface area contributed by atoms with E-state index in [1.54, 1.807) is 6.92 Å². The van der Waals surface area contributed by atoms with Gasteiger partial charge in [0.2, 0.25) is 5.91 Å². The number of rotatable bonds is 7. The molecule has 0 heterocycles. The van der Waals surface area contributed by atoms with Gasteiger partial charge in [-0.05, 0) is 20.3 Å². The molecular weight excluding hydrogens is 228 g/mol. The van der Waals surface area contributed by atoms with Crippen LogP contribution in [0.5, 0.6) is 0 Å². The third kappa shape index (κ3) is 7.64. The molecule has 0 aromatic heterocycles. The first kappa shape index (κ1) is 15.4. The van der Waals surface area contributed by atoms with Crippen LogP contribution >= 0.6 is 0 Å². The van der Waals surface area contributed by atoms with Gasteiger partial charge < -0.3 is 10.6 Å². The van der Waals surface area contributed by atoms with Gasteiger partial charge in [-0.15, -0.1) is 0 Å². The van der Waals surface area contributed by atoms with Crippen LogP contribution in [0.4, 0.5) is 0 Å². The van der Waals surface area contributed by atoms with Crippen molar-refractivity contribution in [2.75, 3.05) is 18.6 Å². The summed E-state index contributed by atoms with van der Waals surface area (Å²) in [4.78, 5) is 11.5. The third-order valence-corrected chi connectivity index (χ3v) is 3.26. The molecule has 16 heavy (non-hydrogen) atoms. The zero-order valence-electron chi connectivity index (χ0n) is 10.4. The second-order valence-corrected chi connectivity index (χ2v) is 6.38. The predicted octanol–water partition coefficient (Wildman–Crippen LogP) is -0.0762. The molecule has 6 heteroatoms. The number of hydrogen-bond acceptors (Lipinski definition) is 4. The summed E-state index contributed by atoms with van der Waals surface area (Å²) in [5.41, 5.74) is 0. The summed E-state index contributed by atoms with van der Waals surface area (Å²) in [7, 11) is -2.97. The van der Waals surface area contributed by atoms with Crippen LogP contribution in [-0.4, -0.2) is 45.0 Å². The van der Waals surface area contributed by atoms with Crippen molar-refractivity contribution in [3.63, 3.8) is 0 Å². The van der Waals surface area contributed by atoms with Crippen molar-refractivity contribution >= 4 is 15.7 Å². The van der Waals surface area contributed by atoms with Gasteiger partial charge >= 0.3 is 0 Å². The molecule has 1 amide bonds. The molecule has 96 valence electrons. The third-order valence-electron chi connectivity index (χ3n) is 2.32.